The molecular weight excluding hydrogens is 368 g/mol. The number of nitrogens with one attached hydrogen (secondary N) is 3. The van der Waals surface area contributed by atoms with Gasteiger partial charge in [-0.15, -0.1) is 0 Å². The van der Waals surface area contributed by atoms with Gasteiger partial charge in [-0.1, -0.05) is 49.0 Å². The Balaban J connectivity index is 1.34. The zero-order chi connectivity index (χ0) is 20.1. The molecule has 8 nitrogen and oxygen atoms in total. The van der Waals surface area contributed by atoms with Crippen LogP contribution in [-0.2, 0) is 29.3 Å². The molecule has 3 aromatic rings. The van der Waals surface area contributed by atoms with Crippen molar-refractivity contribution < 1.29 is 9.53 Å². The first-order chi connectivity index (χ1) is 14.2. The maximum absolute atomic E-state index is 12.5. The van der Waals surface area contributed by atoms with Crippen LogP contribution in [0.4, 0.5) is 5.69 Å². The largest absolute Gasteiger partial charge is 0.369 e. The quantitative estimate of drug-likeness (QED) is 0.577. The maximum atomic E-state index is 12.5. The molecule has 0 saturated heterocycles. The monoisotopic (exact) mass is 388 g/mol. The van der Waals surface area contributed by atoms with Crippen molar-refractivity contribution in [3.05, 3.63) is 84.0 Å². The van der Waals surface area contributed by atoms with Crippen LogP contribution in [0.25, 0.3) is 5.70 Å². The summed E-state index contributed by atoms with van der Waals surface area (Å²) in [6.07, 6.45) is 1.45. The van der Waals surface area contributed by atoms with E-state index in [1.54, 1.807) is 0 Å². The third kappa shape index (κ3) is 4.56. The molecule has 1 amide bonds. The van der Waals surface area contributed by atoms with E-state index in [1.165, 1.54) is 6.33 Å². The number of nitrogens with zero attached hydrogens (tertiary/aromatic N) is 3. The molecule has 0 fully saturated rings. The molecule has 8 heteroatoms. The zero-order valence-corrected chi connectivity index (χ0v) is 15.7. The number of aliphatic imine (C=N–C) groups is 1. The van der Waals surface area contributed by atoms with Crippen LogP contribution in [0.1, 0.15) is 22.5 Å². The van der Waals surface area contributed by atoms with Crippen LogP contribution in [0.5, 0.6) is 0 Å². The predicted molar refractivity (Wildman–Crippen MR) is 109 cm³/mol. The normalized spacial score (nSPS) is 12.7. The second kappa shape index (κ2) is 8.49. The average molecular weight is 388 g/mol. The summed E-state index contributed by atoms with van der Waals surface area (Å²) in [7, 11) is 0. The van der Waals surface area contributed by atoms with E-state index in [0.717, 1.165) is 22.4 Å². The Hall–Kier alpha value is -3.78. The molecule has 0 spiro atoms. The summed E-state index contributed by atoms with van der Waals surface area (Å²) in [4.78, 5) is 20.9. The second-order valence-corrected chi connectivity index (χ2v) is 6.51. The Kier molecular flexibility index (Phi) is 5.44. The molecule has 1 aliphatic heterocycles. The minimum absolute atomic E-state index is 0.236. The van der Waals surface area contributed by atoms with Gasteiger partial charge in [0.15, 0.2) is 5.84 Å². The van der Waals surface area contributed by atoms with Gasteiger partial charge in [-0.05, 0) is 17.2 Å². The lowest BCUT2D eigenvalue weighted by Crippen LogP contribution is -2.40. The van der Waals surface area contributed by atoms with Crippen molar-refractivity contribution in [2.75, 3.05) is 0 Å². The first-order valence-corrected chi connectivity index (χ1v) is 9.11. The Labute approximate surface area is 167 Å². The Morgan fingerprint density at radius 3 is 2.83 bits per heavy atom. The summed E-state index contributed by atoms with van der Waals surface area (Å²) >= 11 is 0. The third-order valence-corrected chi connectivity index (χ3v) is 4.36. The lowest BCUT2D eigenvalue weighted by Gasteiger charge is -2.19. The molecule has 2 heterocycles. The van der Waals surface area contributed by atoms with Gasteiger partial charge in [0.25, 0.3) is 5.91 Å². The van der Waals surface area contributed by atoms with Gasteiger partial charge in [0, 0.05) is 17.8 Å². The summed E-state index contributed by atoms with van der Waals surface area (Å²) in [6, 6.07) is 15.4. The number of para-hydroxylation sites is 1. The summed E-state index contributed by atoms with van der Waals surface area (Å²) in [6.45, 7) is 5.14. The highest BCUT2D eigenvalue weighted by molar-refractivity contribution is 6.40. The zero-order valence-electron chi connectivity index (χ0n) is 15.7. The molecule has 0 atom stereocenters. The second-order valence-electron chi connectivity index (χ2n) is 6.51. The summed E-state index contributed by atoms with van der Waals surface area (Å²) in [5, 5.41) is 12.4. The van der Waals surface area contributed by atoms with Gasteiger partial charge in [0.05, 0.1) is 12.3 Å². The van der Waals surface area contributed by atoms with Gasteiger partial charge in [-0.2, -0.15) is 5.10 Å². The highest BCUT2D eigenvalue weighted by Gasteiger charge is 2.19. The molecular formula is C21H20N6O2. The molecule has 4 rings (SSSR count). The van der Waals surface area contributed by atoms with E-state index in [4.69, 9.17) is 4.74 Å². The highest BCUT2D eigenvalue weighted by Crippen LogP contribution is 2.27. The SMILES string of the molecule is C=C1NC(C(=O)NCc2cccc(COCc3ncn[nH]3)c2)=Nc2ccccc21. The molecule has 0 radical (unpaired) electrons. The number of amidine groups is 1. The van der Waals surface area contributed by atoms with Gasteiger partial charge in [0.1, 0.15) is 18.8 Å². The Bertz CT molecular complexity index is 1060. The van der Waals surface area contributed by atoms with Crippen molar-refractivity contribution in [2.24, 2.45) is 4.99 Å². The van der Waals surface area contributed by atoms with E-state index in [1.807, 2.05) is 48.5 Å². The van der Waals surface area contributed by atoms with Crippen LogP contribution in [0.15, 0.2) is 66.4 Å². The van der Waals surface area contributed by atoms with Crippen LogP contribution in [0, 0.1) is 0 Å². The number of aromatic amines is 1. The predicted octanol–water partition coefficient (Wildman–Crippen LogP) is 2.44. The number of carbonyl (C=O) groups is 1. The summed E-state index contributed by atoms with van der Waals surface area (Å²) in [5.41, 5.74) is 4.25. The first kappa shape index (κ1) is 18.6. The maximum Gasteiger partial charge on any atom is 0.287 e. The van der Waals surface area contributed by atoms with E-state index in [2.05, 4.69) is 37.4 Å². The first-order valence-electron chi connectivity index (χ1n) is 9.11. The van der Waals surface area contributed by atoms with Crippen molar-refractivity contribution in [1.82, 2.24) is 25.8 Å². The fourth-order valence-corrected chi connectivity index (χ4v) is 2.95. The van der Waals surface area contributed by atoms with Gasteiger partial charge in [-0.25, -0.2) is 9.98 Å². The molecule has 0 saturated carbocycles. The van der Waals surface area contributed by atoms with Crippen molar-refractivity contribution in [3.8, 4) is 0 Å². The smallest absolute Gasteiger partial charge is 0.287 e. The highest BCUT2D eigenvalue weighted by atomic mass is 16.5. The molecule has 29 heavy (non-hydrogen) atoms. The lowest BCUT2D eigenvalue weighted by atomic mass is 10.1. The number of carbonyl (C=O) groups excluding carboxylic acids is 1. The lowest BCUT2D eigenvalue weighted by molar-refractivity contribution is -0.115. The fourth-order valence-electron chi connectivity index (χ4n) is 2.95. The number of amides is 1. The summed E-state index contributed by atoms with van der Waals surface area (Å²) in [5.74, 6) is 0.630. The molecule has 1 aromatic heterocycles. The number of benzene rings is 2. The number of fused-ring (bicyclic) bond motifs is 1. The topological polar surface area (TPSA) is 104 Å². The van der Waals surface area contributed by atoms with Gasteiger partial charge < -0.3 is 15.4 Å². The van der Waals surface area contributed by atoms with Crippen molar-refractivity contribution in [1.29, 1.82) is 0 Å². The number of ether oxygens (including phenoxy) is 1. The van der Waals surface area contributed by atoms with Crippen LogP contribution < -0.4 is 10.6 Å². The van der Waals surface area contributed by atoms with E-state index in [-0.39, 0.29) is 11.7 Å². The Morgan fingerprint density at radius 2 is 1.97 bits per heavy atom. The standard InChI is InChI=1S/C21H20N6O2/c1-14-17-7-2-3-8-18(17)26-20(25-14)21(28)22-10-15-5-4-6-16(9-15)11-29-12-19-23-13-24-27-19/h2-9,13H,1,10-12H2,(H,22,28)(H,25,26)(H,23,24,27). The Morgan fingerprint density at radius 1 is 1.10 bits per heavy atom. The summed E-state index contributed by atoms with van der Waals surface area (Å²) < 4.78 is 5.63. The minimum Gasteiger partial charge on any atom is -0.369 e. The molecule has 0 bridgehead atoms. The van der Waals surface area contributed by atoms with Crippen molar-refractivity contribution >= 4 is 23.1 Å². The van der Waals surface area contributed by atoms with Crippen LogP contribution in [-0.4, -0.2) is 26.9 Å². The van der Waals surface area contributed by atoms with Crippen molar-refractivity contribution in [3.63, 3.8) is 0 Å². The van der Waals surface area contributed by atoms with Gasteiger partial charge in [-0.3, -0.25) is 9.89 Å². The van der Waals surface area contributed by atoms with E-state index < -0.39 is 0 Å². The number of aromatic nitrogens is 3. The van der Waals surface area contributed by atoms with Crippen LogP contribution >= 0.6 is 0 Å². The third-order valence-electron chi connectivity index (χ3n) is 4.36. The molecule has 0 unspecified atom stereocenters. The van der Waals surface area contributed by atoms with E-state index in [0.29, 0.717) is 31.3 Å². The van der Waals surface area contributed by atoms with Gasteiger partial charge >= 0.3 is 0 Å². The fraction of sp³-hybridized carbons (Fsp3) is 0.143. The molecule has 146 valence electrons. The van der Waals surface area contributed by atoms with E-state index >= 15 is 0 Å². The van der Waals surface area contributed by atoms with Crippen LogP contribution in [0.3, 0.4) is 0 Å². The number of hydrogen-bond donors (Lipinski definition) is 3. The molecule has 0 aliphatic carbocycles. The molecule has 2 aromatic carbocycles. The number of rotatable bonds is 7. The van der Waals surface area contributed by atoms with Gasteiger partial charge in [0.2, 0.25) is 0 Å². The van der Waals surface area contributed by atoms with Crippen LogP contribution in [0.2, 0.25) is 0 Å². The number of H-pyrrole nitrogens is 1. The average Bonchev–Trinajstić information content (AvgIpc) is 3.26. The van der Waals surface area contributed by atoms with Crippen molar-refractivity contribution in [2.45, 2.75) is 19.8 Å². The number of hydrogen-bond acceptors (Lipinski definition) is 6. The minimum atomic E-state index is -0.285. The molecule has 1 aliphatic rings. The molecule has 3 N–H and O–H groups in total. The van der Waals surface area contributed by atoms with E-state index in [9.17, 15) is 4.79 Å².